The van der Waals surface area contributed by atoms with Crippen LogP contribution in [0.1, 0.15) is 78.1 Å². The molecule has 1 amide bonds. The molecule has 27 heavy (non-hydrogen) atoms. The van der Waals surface area contributed by atoms with Crippen LogP contribution in [0.2, 0.25) is 0 Å². The highest BCUT2D eigenvalue weighted by Crippen LogP contribution is 2.22. The van der Waals surface area contributed by atoms with Crippen molar-refractivity contribution in [2.24, 2.45) is 0 Å². The van der Waals surface area contributed by atoms with Gasteiger partial charge in [-0.1, -0.05) is 32.4 Å². The van der Waals surface area contributed by atoms with E-state index in [1.165, 1.54) is 12.0 Å². The first-order valence-electron chi connectivity index (χ1n) is 9.75. The Labute approximate surface area is 160 Å². The van der Waals surface area contributed by atoms with E-state index >= 15 is 0 Å². The van der Waals surface area contributed by atoms with E-state index in [1.54, 1.807) is 24.3 Å². The van der Waals surface area contributed by atoms with E-state index in [9.17, 15) is 9.59 Å². The minimum atomic E-state index is -0.288. The first kappa shape index (κ1) is 19.2. The third kappa shape index (κ3) is 5.19. The van der Waals surface area contributed by atoms with Gasteiger partial charge in [0.15, 0.2) is 0 Å². The van der Waals surface area contributed by atoms with E-state index in [-0.39, 0.29) is 18.0 Å². The molecule has 4 heteroatoms. The fourth-order valence-electron chi connectivity index (χ4n) is 3.31. The second kappa shape index (κ2) is 8.85. The van der Waals surface area contributed by atoms with Crippen molar-refractivity contribution >= 4 is 17.6 Å². The number of carbonyl (C=O) groups excluding carboxylic acids is 2. The summed E-state index contributed by atoms with van der Waals surface area (Å²) in [7, 11) is 0. The molecule has 1 saturated carbocycles. The van der Waals surface area contributed by atoms with Gasteiger partial charge in [-0.15, -0.1) is 0 Å². The van der Waals surface area contributed by atoms with Crippen LogP contribution >= 0.6 is 0 Å². The van der Waals surface area contributed by atoms with Crippen molar-refractivity contribution in [2.45, 2.75) is 58.0 Å². The van der Waals surface area contributed by atoms with E-state index in [2.05, 4.69) is 19.2 Å². The molecule has 0 aliphatic heterocycles. The van der Waals surface area contributed by atoms with E-state index in [0.717, 1.165) is 25.7 Å². The van der Waals surface area contributed by atoms with Crippen LogP contribution in [0, 0.1) is 0 Å². The van der Waals surface area contributed by atoms with Crippen LogP contribution in [0.3, 0.4) is 0 Å². The summed E-state index contributed by atoms with van der Waals surface area (Å²) in [5.41, 5.74) is 2.98. The van der Waals surface area contributed by atoms with Crippen LogP contribution in [0.15, 0.2) is 48.5 Å². The van der Waals surface area contributed by atoms with Gasteiger partial charge in [0.2, 0.25) is 0 Å². The van der Waals surface area contributed by atoms with Crippen LogP contribution in [0.25, 0.3) is 0 Å². The number of esters is 1. The minimum absolute atomic E-state index is 0.0411. The SMILES string of the molecule is CC(C)c1ccc(C(=O)Nc2ccc(C(=O)OC3CCCCC3)cc2)cc1. The summed E-state index contributed by atoms with van der Waals surface area (Å²) in [5.74, 6) is -0.0186. The summed E-state index contributed by atoms with van der Waals surface area (Å²) in [6.45, 7) is 4.24. The molecule has 2 aromatic carbocycles. The van der Waals surface area contributed by atoms with Gasteiger partial charge in [0, 0.05) is 11.3 Å². The average Bonchev–Trinajstić information content (AvgIpc) is 2.69. The van der Waals surface area contributed by atoms with Gasteiger partial charge in [-0.25, -0.2) is 4.79 Å². The third-order valence-corrected chi connectivity index (χ3v) is 5.04. The van der Waals surface area contributed by atoms with Crippen molar-refractivity contribution in [3.8, 4) is 0 Å². The van der Waals surface area contributed by atoms with Gasteiger partial charge >= 0.3 is 5.97 Å². The maximum atomic E-state index is 12.4. The zero-order chi connectivity index (χ0) is 19.2. The topological polar surface area (TPSA) is 55.4 Å². The number of rotatable bonds is 5. The monoisotopic (exact) mass is 365 g/mol. The Morgan fingerprint density at radius 1 is 0.889 bits per heavy atom. The lowest BCUT2D eigenvalue weighted by Crippen LogP contribution is -2.20. The van der Waals surface area contributed by atoms with Crippen molar-refractivity contribution in [2.75, 3.05) is 5.32 Å². The maximum Gasteiger partial charge on any atom is 0.338 e. The Balaban J connectivity index is 1.58. The highest BCUT2D eigenvalue weighted by molar-refractivity contribution is 6.04. The van der Waals surface area contributed by atoms with Gasteiger partial charge in [0.25, 0.3) is 5.91 Å². The summed E-state index contributed by atoms with van der Waals surface area (Å²) in [5, 5.41) is 2.86. The van der Waals surface area contributed by atoms with Crippen LogP contribution < -0.4 is 5.32 Å². The fraction of sp³-hybridized carbons (Fsp3) is 0.391. The van der Waals surface area contributed by atoms with Gasteiger partial charge in [0.1, 0.15) is 6.10 Å². The largest absolute Gasteiger partial charge is 0.459 e. The molecular weight excluding hydrogens is 338 g/mol. The van der Waals surface area contributed by atoms with E-state index in [4.69, 9.17) is 4.74 Å². The molecule has 0 bridgehead atoms. The lowest BCUT2D eigenvalue weighted by atomic mass is 9.98. The molecular formula is C23H27NO3. The second-order valence-electron chi connectivity index (χ2n) is 7.47. The summed E-state index contributed by atoms with van der Waals surface area (Å²) in [6.07, 6.45) is 5.43. The number of hydrogen-bond donors (Lipinski definition) is 1. The van der Waals surface area contributed by atoms with Crippen LogP contribution in [-0.2, 0) is 4.74 Å². The smallest absolute Gasteiger partial charge is 0.338 e. The predicted molar refractivity (Wildman–Crippen MR) is 107 cm³/mol. The Bertz CT molecular complexity index is 772. The Morgan fingerprint density at radius 3 is 2.07 bits per heavy atom. The second-order valence-corrected chi connectivity index (χ2v) is 7.47. The highest BCUT2D eigenvalue weighted by atomic mass is 16.5. The zero-order valence-corrected chi connectivity index (χ0v) is 16.0. The minimum Gasteiger partial charge on any atom is -0.459 e. The molecule has 1 aliphatic carbocycles. The Hall–Kier alpha value is -2.62. The summed E-state index contributed by atoms with van der Waals surface area (Å²) < 4.78 is 5.57. The quantitative estimate of drug-likeness (QED) is 0.707. The third-order valence-electron chi connectivity index (χ3n) is 5.04. The molecule has 0 heterocycles. The molecule has 4 nitrogen and oxygen atoms in total. The number of ether oxygens (including phenoxy) is 1. The van der Waals surface area contributed by atoms with Crippen molar-refractivity contribution < 1.29 is 14.3 Å². The normalized spacial score (nSPS) is 14.8. The molecule has 0 saturated heterocycles. The Kier molecular flexibility index (Phi) is 6.28. The number of anilines is 1. The van der Waals surface area contributed by atoms with Crippen molar-refractivity contribution in [1.82, 2.24) is 0 Å². The average molecular weight is 365 g/mol. The van der Waals surface area contributed by atoms with E-state index < -0.39 is 0 Å². The summed E-state index contributed by atoms with van der Waals surface area (Å²) >= 11 is 0. The van der Waals surface area contributed by atoms with Gasteiger partial charge < -0.3 is 10.1 Å². The van der Waals surface area contributed by atoms with Crippen LogP contribution in [0.5, 0.6) is 0 Å². The molecule has 0 unspecified atom stereocenters. The summed E-state index contributed by atoms with van der Waals surface area (Å²) in [4.78, 5) is 24.6. The lowest BCUT2D eigenvalue weighted by Gasteiger charge is -2.21. The number of hydrogen-bond acceptors (Lipinski definition) is 3. The molecule has 3 rings (SSSR count). The molecule has 0 aromatic heterocycles. The van der Waals surface area contributed by atoms with Crippen molar-refractivity contribution in [1.29, 1.82) is 0 Å². The first-order chi connectivity index (χ1) is 13.0. The highest BCUT2D eigenvalue weighted by Gasteiger charge is 2.18. The van der Waals surface area contributed by atoms with Crippen LogP contribution in [0.4, 0.5) is 5.69 Å². The van der Waals surface area contributed by atoms with Gasteiger partial charge in [-0.05, 0) is 73.6 Å². The van der Waals surface area contributed by atoms with Crippen LogP contribution in [-0.4, -0.2) is 18.0 Å². The molecule has 0 spiro atoms. The number of nitrogens with one attached hydrogen (secondary N) is 1. The van der Waals surface area contributed by atoms with Crippen molar-refractivity contribution in [3.05, 3.63) is 65.2 Å². The molecule has 2 aromatic rings. The summed E-state index contributed by atoms with van der Waals surface area (Å²) in [6, 6.07) is 14.5. The molecule has 0 atom stereocenters. The standard InChI is InChI=1S/C23H27NO3/c1-16(2)17-8-10-18(11-9-17)22(25)24-20-14-12-19(13-15-20)23(26)27-21-6-4-3-5-7-21/h8-16,21H,3-7H2,1-2H3,(H,24,25). The molecule has 1 N–H and O–H groups in total. The molecule has 1 aliphatic rings. The number of amides is 1. The predicted octanol–water partition coefficient (Wildman–Crippen LogP) is 5.55. The van der Waals surface area contributed by atoms with E-state index in [0.29, 0.717) is 22.7 Å². The first-order valence-corrected chi connectivity index (χ1v) is 9.75. The Morgan fingerprint density at radius 2 is 1.48 bits per heavy atom. The fourth-order valence-corrected chi connectivity index (χ4v) is 3.31. The van der Waals surface area contributed by atoms with Gasteiger partial charge in [0.05, 0.1) is 5.56 Å². The van der Waals surface area contributed by atoms with E-state index in [1.807, 2.05) is 24.3 Å². The number of carbonyl (C=O) groups is 2. The van der Waals surface area contributed by atoms with Crippen molar-refractivity contribution in [3.63, 3.8) is 0 Å². The molecule has 142 valence electrons. The van der Waals surface area contributed by atoms with Gasteiger partial charge in [-0.3, -0.25) is 4.79 Å². The zero-order valence-electron chi connectivity index (χ0n) is 16.0. The molecule has 1 fully saturated rings. The maximum absolute atomic E-state index is 12.4. The lowest BCUT2D eigenvalue weighted by molar-refractivity contribution is 0.0211. The molecule has 0 radical (unpaired) electrons. The van der Waals surface area contributed by atoms with Gasteiger partial charge in [-0.2, -0.15) is 0 Å². The number of benzene rings is 2.